The van der Waals surface area contributed by atoms with E-state index in [1.807, 2.05) is 24.3 Å². The van der Waals surface area contributed by atoms with Gasteiger partial charge in [0.1, 0.15) is 6.29 Å². The van der Waals surface area contributed by atoms with E-state index in [0.717, 1.165) is 18.3 Å². The molecule has 2 rings (SSSR count). The number of carbonyl (C=O) groups is 2. The lowest BCUT2D eigenvalue weighted by molar-refractivity contribution is -0.109. The van der Waals surface area contributed by atoms with Crippen molar-refractivity contribution < 1.29 is 19.1 Å². The van der Waals surface area contributed by atoms with E-state index in [1.54, 1.807) is 12.1 Å². The van der Waals surface area contributed by atoms with Crippen molar-refractivity contribution in [3.63, 3.8) is 0 Å². The van der Waals surface area contributed by atoms with E-state index in [2.05, 4.69) is 5.32 Å². The Morgan fingerprint density at radius 1 is 1.14 bits per heavy atom. The molecule has 118 valence electrons. The number of carbonyl (C=O) groups excluding carboxylic acids is 2. The molecule has 22 heavy (non-hydrogen) atoms. The molecule has 0 saturated carbocycles. The van der Waals surface area contributed by atoms with E-state index in [1.165, 1.54) is 0 Å². The molecule has 0 radical (unpaired) electrons. The van der Waals surface area contributed by atoms with Crippen molar-refractivity contribution >= 4 is 12.2 Å². The maximum absolute atomic E-state index is 12.3. The predicted molar refractivity (Wildman–Crippen MR) is 82.6 cm³/mol. The molecule has 0 unspecified atom stereocenters. The van der Waals surface area contributed by atoms with Gasteiger partial charge in [-0.25, -0.2) is 0 Å². The summed E-state index contributed by atoms with van der Waals surface area (Å²) < 4.78 is 11.0. The molecule has 0 spiro atoms. The van der Waals surface area contributed by atoms with Crippen LogP contribution in [0.2, 0.25) is 0 Å². The van der Waals surface area contributed by atoms with Gasteiger partial charge in [-0.3, -0.25) is 4.79 Å². The zero-order valence-corrected chi connectivity index (χ0v) is 12.5. The molecule has 0 bridgehead atoms. The summed E-state index contributed by atoms with van der Waals surface area (Å²) in [4.78, 5) is 23.4. The van der Waals surface area contributed by atoms with Gasteiger partial charge in [-0.15, -0.1) is 0 Å². The summed E-state index contributed by atoms with van der Waals surface area (Å²) in [6.45, 7) is 2.07. The number of fused-ring (bicyclic) bond motifs is 1. The fraction of sp³-hybridized carbons (Fsp3) is 0.412. The smallest absolute Gasteiger partial charge is 0.252 e. The number of amides is 1. The minimum Gasteiger partial charge on any atom is -0.377 e. The normalized spacial score (nSPS) is 22.5. The average molecular weight is 303 g/mol. The average Bonchev–Trinajstić information content (AvgIpc) is 2.55. The molecule has 1 amide bonds. The van der Waals surface area contributed by atoms with Gasteiger partial charge in [-0.1, -0.05) is 30.4 Å². The predicted octanol–water partition coefficient (Wildman–Crippen LogP) is 1.87. The van der Waals surface area contributed by atoms with E-state index < -0.39 is 6.04 Å². The molecular formula is C17H21NO4. The number of hydrogen-bond acceptors (Lipinski definition) is 4. The van der Waals surface area contributed by atoms with Crippen LogP contribution in [0.3, 0.4) is 0 Å². The van der Waals surface area contributed by atoms with Crippen molar-refractivity contribution in [2.24, 2.45) is 0 Å². The van der Waals surface area contributed by atoms with Gasteiger partial charge in [0.2, 0.25) is 0 Å². The highest BCUT2D eigenvalue weighted by Gasteiger charge is 2.15. The van der Waals surface area contributed by atoms with Gasteiger partial charge >= 0.3 is 0 Å². The molecule has 0 saturated heterocycles. The van der Waals surface area contributed by atoms with Crippen LogP contribution in [-0.4, -0.2) is 38.1 Å². The Morgan fingerprint density at radius 3 is 2.82 bits per heavy atom. The van der Waals surface area contributed by atoms with Crippen molar-refractivity contribution in [2.75, 3.05) is 19.8 Å². The molecule has 0 fully saturated rings. The minimum absolute atomic E-state index is 0.254. The van der Waals surface area contributed by atoms with Gasteiger partial charge in [0, 0.05) is 18.8 Å². The minimum atomic E-state index is -0.539. The first-order valence-electron chi connectivity index (χ1n) is 7.46. The van der Waals surface area contributed by atoms with Crippen LogP contribution in [0.15, 0.2) is 36.4 Å². The second kappa shape index (κ2) is 9.12. The number of ether oxygens (including phenoxy) is 2. The molecular weight excluding hydrogens is 282 g/mol. The Bertz CT molecular complexity index is 527. The first-order valence-corrected chi connectivity index (χ1v) is 7.46. The van der Waals surface area contributed by atoms with Gasteiger partial charge in [0.25, 0.3) is 5.91 Å². The van der Waals surface area contributed by atoms with Crippen LogP contribution in [0.25, 0.3) is 0 Å². The lowest BCUT2D eigenvalue weighted by Gasteiger charge is -2.13. The number of hydrogen-bond donors (Lipinski definition) is 1. The maximum atomic E-state index is 12.3. The van der Waals surface area contributed by atoms with Crippen molar-refractivity contribution in [1.82, 2.24) is 5.32 Å². The van der Waals surface area contributed by atoms with Gasteiger partial charge in [-0.05, 0) is 24.5 Å². The Hall–Kier alpha value is -1.98. The van der Waals surface area contributed by atoms with Crippen LogP contribution in [0.4, 0.5) is 0 Å². The SMILES string of the molecule is O=C[C@@H]1C/C=C\COCCCOCc2ccccc2C(=O)N1. The van der Waals surface area contributed by atoms with Crippen molar-refractivity contribution in [3.05, 3.63) is 47.5 Å². The monoisotopic (exact) mass is 303 g/mol. The third-order valence-corrected chi connectivity index (χ3v) is 3.35. The first kappa shape index (κ1) is 16.4. The van der Waals surface area contributed by atoms with E-state index in [9.17, 15) is 9.59 Å². The highest BCUT2D eigenvalue weighted by atomic mass is 16.5. The standard InChI is InChI=1S/C17H21NO4/c19-12-15-7-3-4-9-21-10-5-11-22-13-14-6-1-2-8-16(14)17(20)18-15/h1-4,6,8,12,15H,5,7,9-11,13H2,(H,18,20)/b4-3-/t15-/m0/s1. The van der Waals surface area contributed by atoms with Crippen LogP contribution in [0, 0.1) is 0 Å². The Morgan fingerprint density at radius 2 is 1.95 bits per heavy atom. The highest BCUT2D eigenvalue weighted by Crippen LogP contribution is 2.11. The number of aldehydes is 1. The highest BCUT2D eigenvalue weighted by molar-refractivity contribution is 5.97. The van der Waals surface area contributed by atoms with Crippen molar-refractivity contribution in [3.8, 4) is 0 Å². The van der Waals surface area contributed by atoms with Gasteiger partial charge in [-0.2, -0.15) is 0 Å². The summed E-state index contributed by atoms with van der Waals surface area (Å²) >= 11 is 0. The molecule has 1 N–H and O–H groups in total. The van der Waals surface area contributed by atoms with Crippen LogP contribution in [0.1, 0.15) is 28.8 Å². The maximum Gasteiger partial charge on any atom is 0.252 e. The molecule has 1 aliphatic rings. The van der Waals surface area contributed by atoms with Gasteiger partial charge in [0.05, 0.1) is 19.3 Å². The van der Waals surface area contributed by atoms with Gasteiger partial charge in [0.15, 0.2) is 0 Å². The Balaban J connectivity index is 2.13. The zero-order valence-electron chi connectivity index (χ0n) is 12.5. The topological polar surface area (TPSA) is 64.6 Å². The van der Waals surface area contributed by atoms with Gasteiger partial charge < -0.3 is 19.6 Å². The molecule has 1 aromatic carbocycles. The molecule has 1 aromatic rings. The van der Waals surface area contributed by atoms with Crippen LogP contribution >= 0.6 is 0 Å². The number of benzene rings is 1. The third-order valence-electron chi connectivity index (χ3n) is 3.35. The molecule has 5 nitrogen and oxygen atoms in total. The fourth-order valence-electron chi connectivity index (χ4n) is 2.17. The van der Waals surface area contributed by atoms with E-state index in [4.69, 9.17) is 9.47 Å². The van der Waals surface area contributed by atoms with E-state index in [-0.39, 0.29) is 5.91 Å². The van der Waals surface area contributed by atoms with Crippen molar-refractivity contribution in [2.45, 2.75) is 25.5 Å². The molecule has 0 aliphatic carbocycles. The number of rotatable bonds is 1. The van der Waals surface area contributed by atoms with Crippen LogP contribution < -0.4 is 5.32 Å². The lowest BCUT2D eigenvalue weighted by atomic mass is 10.1. The molecule has 0 aromatic heterocycles. The van der Waals surface area contributed by atoms with E-state index >= 15 is 0 Å². The Kier molecular flexibility index (Phi) is 6.80. The summed E-state index contributed by atoms with van der Waals surface area (Å²) in [6.07, 6.45) is 5.72. The number of nitrogens with one attached hydrogen (secondary N) is 1. The molecule has 5 heteroatoms. The summed E-state index contributed by atoms with van der Waals surface area (Å²) in [5.74, 6) is -0.254. The third kappa shape index (κ3) is 5.09. The van der Waals surface area contributed by atoms with Crippen LogP contribution in [-0.2, 0) is 20.9 Å². The largest absolute Gasteiger partial charge is 0.377 e. The summed E-state index contributed by atoms with van der Waals surface area (Å²) in [5, 5.41) is 2.74. The second-order valence-corrected chi connectivity index (χ2v) is 5.06. The van der Waals surface area contributed by atoms with Crippen molar-refractivity contribution in [1.29, 1.82) is 0 Å². The quantitative estimate of drug-likeness (QED) is 0.635. The molecule has 1 aliphatic heterocycles. The Labute approximate surface area is 130 Å². The molecule has 1 heterocycles. The van der Waals surface area contributed by atoms with E-state index in [0.29, 0.717) is 38.4 Å². The summed E-state index contributed by atoms with van der Waals surface area (Å²) in [6, 6.07) is 6.73. The first-order chi connectivity index (χ1) is 10.8. The summed E-state index contributed by atoms with van der Waals surface area (Å²) in [7, 11) is 0. The zero-order chi connectivity index (χ0) is 15.6. The molecule has 1 atom stereocenters. The second-order valence-electron chi connectivity index (χ2n) is 5.06. The van der Waals surface area contributed by atoms with Crippen LogP contribution in [0.5, 0.6) is 0 Å². The lowest BCUT2D eigenvalue weighted by Crippen LogP contribution is -2.36. The fourth-order valence-corrected chi connectivity index (χ4v) is 2.17. The summed E-state index contributed by atoms with van der Waals surface area (Å²) in [5.41, 5.74) is 1.36.